The van der Waals surface area contributed by atoms with Crippen LogP contribution in [0, 0.1) is 6.92 Å². The number of amidine groups is 1. The second-order valence-electron chi connectivity index (χ2n) is 7.30. The zero-order chi connectivity index (χ0) is 25.3. The van der Waals surface area contributed by atoms with Crippen molar-refractivity contribution >= 4 is 40.4 Å². The Morgan fingerprint density at radius 3 is 2.51 bits per heavy atom. The first-order valence-corrected chi connectivity index (χ1v) is 11.0. The topological polar surface area (TPSA) is 152 Å². The quantitative estimate of drug-likeness (QED) is 0.0555. The van der Waals surface area contributed by atoms with Crippen molar-refractivity contribution < 1.29 is 32.3 Å². The van der Waals surface area contributed by atoms with Gasteiger partial charge in [-0.2, -0.15) is 9.97 Å². The number of rotatable bonds is 8. The molecule has 1 heterocycles. The molecule has 192 valence electrons. The number of halogens is 1. The van der Waals surface area contributed by atoms with Gasteiger partial charge in [0.05, 0.1) is 0 Å². The number of phenolic OH excluding ortho intramolecular Hbond substituents is 1. The van der Waals surface area contributed by atoms with Crippen LogP contribution in [0.15, 0.2) is 88.1 Å². The van der Waals surface area contributed by atoms with Crippen LogP contribution in [0.2, 0.25) is 5.28 Å². The third-order valence-corrected chi connectivity index (χ3v) is 4.86. The third kappa shape index (κ3) is 7.77. The number of benzene rings is 3. The molecule has 0 aliphatic rings. The van der Waals surface area contributed by atoms with E-state index in [2.05, 4.69) is 45.9 Å². The minimum atomic E-state index is -0.152. The number of nitrogens with zero attached hydrogens (tertiary/aromatic N) is 7. The van der Waals surface area contributed by atoms with E-state index in [1.54, 1.807) is 43.3 Å². The first-order chi connectivity index (χ1) is 17.5. The van der Waals surface area contributed by atoms with Gasteiger partial charge in [-0.25, -0.2) is 9.87 Å². The van der Waals surface area contributed by atoms with E-state index in [0.29, 0.717) is 34.0 Å². The average molecular weight is 567 g/mol. The van der Waals surface area contributed by atoms with Crippen LogP contribution in [0.1, 0.15) is 17.0 Å². The maximum Gasteiger partial charge on any atom is 1.00 e. The number of aryl methyl sites for hydroxylation is 1. The summed E-state index contributed by atoms with van der Waals surface area (Å²) in [7, 11) is 0. The van der Waals surface area contributed by atoms with Crippen LogP contribution in [-0.2, 0) is 28.6 Å². The van der Waals surface area contributed by atoms with Crippen molar-refractivity contribution in [3.8, 4) is 5.75 Å². The van der Waals surface area contributed by atoms with Gasteiger partial charge >= 0.3 is 17.1 Å². The van der Waals surface area contributed by atoms with Crippen molar-refractivity contribution in [3.63, 3.8) is 0 Å². The van der Waals surface area contributed by atoms with Crippen molar-refractivity contribution in [2.24, 2.45) is 15.3 Å². The van der Waals surface area contributed by atoms with E-state index in [9.17, 15) is 5.11 Å². The number of aromatic nitrogens is 3. The average Bonchev–Trinajstić information content (AvgIpc) is 2.86. The molecule has 0 spiro atoms. The van der Waals surface area contributed by atoms with Gasteiger partial charge in [-0.1, -0.05) is 48.5 Å². The predicted octanol–water partition coefficient (Wildman–Crippen LogP) is 6.42. The molecular weight excluding hydrogens is 547 g/mol. The Morgan fingerprint density at radius 1 is 1.03 bits per heavy atom. The monoisotopic (exact) mass is 566 g/mol. The normalized spacial score (nSPS) is 11.3. The zero-order valence-corrected chi connectivity index (χ0v) is 20.9. The van der Waals surface area contributed by atoms with Gasteiger partial charge in [-0.15, -0.1) is 15.9 Å². The molecule has 1 aromatic heterocycles. The second-order valence-corrected chi connectivity index (χ2v) is 7.63. The van der Waals surface area contributed by atoms with Crippen molar-refractivity contribution in [3.05, 3.63) is 100 Å². The molecule has 0 saturated carbocycles. The largest absolute Gasteiger partial charge is 1.00 e. The van der Waals surface area contributed by atoms with Gasteiger partial charge in [0.2, 0.25) is 11.2 Å². The molecule has 0 aliphatic heterocycles. The number of phenols is 1. The van der Waals surface area contributed by atoms with Crippen molar-refractivity contribution in [1.29, 1.82) is 0 Å². The molecule has 0 amide bonds. The van der Waals surface area contributed by atoms with Gasteiger partial charge < -0.3 is 21.0 Å². The van der Waals surface area contributed by atoms with Gasteiger partial charge in [0.1, 0.15) is 23.9 Å². The molecule has 3 N–H and O–H groups in total. The van der Waals surface area contributed by atoms with Crippen LogP contribution in [0.5, 0.6) is 5.75 Å². The summed E-state index contributed by atoms with van der Waals surface area (Å²) in [5, 5.41) is 34.7. The number of nitrogens with one attached hydrogen (secondary N) is 1. The van der Waals surface area contributed by atoms with Crippen LogP contribution in [0.25, 0.3) is 5.43 Å². The number of azo groups is 1. The molecule has 0 unspecified atom stereocenters. The Hall–Kier alpha value is -3.93. The maximum atomic E-state index is 9.98. The maximum absolute atomic E-state index is 9.98. The summed E-state index contributed by atoms with van der Waals surface area (Å²) in [5.74, 6) is 0.934. The third-order valence-electron chi connectivity index (χ3n) is 4.69. The van der Waals surface area contributed by atoms with Gasteiger partial charge in [-0.3, -0.25) is 5.26 Å². The molecule has 13 heteroatoms. The van der Waals surface area contributed by atoms with Crippen LogP contribution >= 0.6 is 11.6 Å². The molecule has 4 aromatic rings. The Balaban J connectivity index is 0.00000380. The molecule has 11 nitrogen and oxygen atoms in total. The van der Waals surface area contributed by atoms with E-state index in [4.69, 9.17) is 16.9 Å². The fraction of sp³-hybridized carbons (Fsp3) is 0.0833. The standard InChI is InChI=1S/C24H20ClN8O3.Cu/c1-15-26-23(25)29-24(27-15)28-18-11-12-19(17(13-18)14-36-35)30-32-22(16-7-3-2-4-8-16)33-31-20-9-5-6-10-21(20)34;/h2-13H,14H2,1H3,(H3-,26,27,28,29,30,31,32,33,34,35);/q-1;+1. The molecule has 0 aliphatic carbocycles. The van der Waals surface area contributed by atoms with Crippen molar-refractivity contribution in [1.82, 2.24) is 15.0 Å². The predicted molar refractivity (Wildman–Crippen MR) is 135 cm³/mol. The molecule has 0 atom stereocenters. The van der Waals surface area contributed by atoms with Gasteiger partial charge in [0.25, 0.3) is 0 Å². The summed E-state index contributed by atoms with van der Waals surface area (Å²) >= 11 is 5.90. The van der Waals surface area contributed by atoms with Crippen molar-refractivity contribution in [2.45, 2.75) is 13.5 Å². The molecule has 37 heavy (non-hydrogen) atoms. The van der Waals surface area contributed by atoms with E-state index >= 15 is 0 Å². The molecular formula is C24H20ClCuN8O3. The first kappa shape index (κ1) is 27.7. The number of anilines is 2. The summed E-state index contributed by atoms with van der Waals surface area (Å²) in [4.78, 5) is 16.5. The van der Waals surface area contributed by atoms with E-state index in [-0.39, 0.29) is 46.5 Å². The number of aromatic hydroxyl groups is 1. The molecule has 4 rings (SSSR count). The summed E-state index contributed by atoms with van der Waals surface area (Å²) in [5.41, 5.74) is 6.81. The molecule has 0 saturated heterocycles. The Morgan fingerprint density at radius 2 is 1.78 bits per heavy atom. The van der Waals surface area contributed by atoms with Gasteiger partial charge in [-0.05, 0) is 48.4 Å². The van der Waals surface area contributed by atoms with E-state index in [1.165, 1.54) is 6.07 Å². The van der Waals surface area contributed by atoms with Gasteiger partial charge in [0.15, 0.2) is 5.84 Å². The Labute approximate surface area is 227 Å². The van der Waals surface area contributed by atoms with E-state index in [0.717, 1.165) is 0 Å². The fourth-order valence-corrected chi connectivity index (χ4v) is 3.26. The summed E-state index contributed by atoms with van der Waals surface area (Å²) in [6.45, 7) is 1.55. The van der Waals surface area contributed by atoms with E-state index in [1.807, 2.05) is 30.3 Å². The van der Waals surface area contributed by atoms with Crippen LogP contribution < -0.4 is 5.32 Å². The number of hydrogen-bond acceptors (Lipinski definition) is 9. The van der Waals surface area contributed by atoms with Gasteiger partial charge in [0, 0.05) is 11.3 Å². The molecule has 0 bridgehead atoms. The van der Waals surface area contributed by atoms with Crippen LogP contribution in [0.3, 0.4) is 0 Å². The van der Waals surface area contributed by atoms with E-state index < -0.39 is 0 Å². The molecule has 3 aromatic carbocycles. The minimum absolute atomic E-state index is 0. The molecule has 0 fully saturated rings. The van der Waals surface area contributed by atoms with Crippen LogP contribution in [0.4, 0.5) is 23.0 Å². The zero-order valence-electron chi connectivity index (χ0n) is 19.2. The Bertz CT molecular complexity index is 1390. The summed E-state index contributed by atoms with van der Waals surface area (Å²) in [6.07, 6.45) is 0. The SMILES string of the molecule is Cc1nc(Cl)nc(Nc2ccc([N-]/N=C(\N=Nc3ccccc3O)c3ccccc3)c(COO)c2)n1.[Cu+]. The van der Waals surface area contributed by atoms with Crippen molar-refractivity contribution in [2.75, 3.05) is 5.32 Å². The second kappa shape index (κ2) is 13.4. The smallest absolute Gasteiger partial charge is 0.573 e. The molecule has 0 radical (unpaired) electrons. The first-order valence-electron chi connectivity index (χ1n) is 10.6. The van der Waals surface area contributed by atoms with Crippen LogP contribution in [-0.4, -0.2) is 31.2 Å². The number of hydrogen-bond donors (Lipinski definition) is 3. The minimum Gasteiger partial charge on any atom is -0.573 e. The number of para-hydroxylation sites is 1. The fourth-order valence-electron chi connectivity index (χ4n) is 3.05. The Kier molecular flexibility index (Phi) is 10.0. The summed E-state index contributed by atoms with van der Waals surface area (Å²) in [6, 6.07) is 20.8. The summed E-state index contributed by atoms with van der Waals surface area (Å²) < 4.78 is 0.